The number of hydrogen-bond donors (Lipinski definition) is 1. The SMILES string of the molecule is CC(=O)c1ccc(C(F)(F)F)cc1N1C(=O)CS/C1=N\C(=S)N/N=C/c1ccc(-c2ncn(-c3ccc(OC(F)(F)F)cc3)n2)cc1. The summed E-state index contributed by atoms with van der Waals surface area (Å²) in [5.74, 6) is -1.25. The fourth-order valence-electron chi connectivity index (χ4n) is 4.18. The maximum atomic E-state index is 13.4. The number of amides is 1. The number of ether oxygens (including phenoxy) is 1. The van der Waals surface area contributed by atoms with Crippen LogP contribution in [0, 0.1) is 0 Å². The Hall–Kier alpha value is -5.10. The van der Waals surface area contributed by atoms with Gasteiger partial charge in [-0.3, -0.25) is 19.9 Å². The van der Waals surface area contributed by atoms with Crippen molar-refractivity contribution in [2.75, 3.05) is 10.7 Å². The van der Waals surface area contributed by atoms with Crippen LogP contribution < -0.4 is 15.1 Å². The molecular formula is C29H19F6N7O3S2. The van der Waals surface area contributed by atoms with Gasteiger partial charge in [0.1, 0.15) is 12.1 Å². The molecule has 242 valence electrons. The molecule has 47 heavy (non-hydrogen) atoms. The average Bonchev–Trinajstić information content (AvgIpc) is 3.63. The number of halogens is 6. The number of Topliss-reactive ketones (excluding diaryl/α,β-unsaturated/α-hetero) is 1. The number of aliphatic imine (C=N–C) groups is 1. The van der Waals surface area contributed by atoms with Gasteiger partial charge in [-0.2, -0.15) is 23.3 Å². The minimum absolute atomic E-state index is 0.0219. The molecule has 0 aliphatic carbocycles. The van der Waals surface area contributed by atoms with Crippen LogP contribution in [0.15, 0.2) is 83.2 Å². The number of anilines is 1. The molecule has 1 saturated heterocycles. The second kappa shape index (κ2) is 13.3. The highest BCUT2D eigenvalue weighted by atomic mass is 32.2. The van der Waals surface area contributed by atoms with E-state index in [-0.39, 0.29) is 33.0 Å². The van der Waals surface area contributed by atoms with Gasteiger partial charge in [0.05, 0.1) is 28.9 Å². The molecule has 1 aromatic heterocycles. The van der Waals surface area contributed by atoms with Gasteiger partial charge in [0.2, 0.25) is 11.0 Å². The van der Waals surface area contributed by atoms with Gasteiger partial charge in [0, 0.05) is 11.1 Å². The number of thiocarbonyl (C=S) groups is 1. The molecule has 0 atom stereocenters. The Morgan fingerprint density at radius 3 is 2.38 bits per heavy atom. The van der Waals surface area contributed by atoms with Crippen molar-refractivity contribution in [3.05, 3.63) is 89.7 Å². The normalized spacial score (nSPS) is 14.7. The van der Waals surface area contributed by atoms with Crippen LogP contribution in [0.25, 0.3) is 17.1 Å². The lowest BCUT2D eigenvalue weighted by atomic mass is 10.0. The zero-order valence-corrected chi connectivity index (χ0v) is 25.3. The van der Waals surface area contributed by atoms with Crippen molar-refractivity contribution in [3.63, 3.8) is 0 Å². The first-order valence-electron chi connectivity index (χ1n) is 13.2. The molecule has 5 rings (SSSR count). The number of carbonyl (C=O) groups excluding carboxylic acids is 2. The minimum atomic E-state index is -4.80. The summed E-state index contributed by atoms with van der Waals surface area (Å²) in [6.45, 7) is 1.18. The fraction of sp³-hybridized carbons (Fsp3) is 0.138. The van der Waals surface area contributed by atoms with E-state index in [1.165, 1.54) is 36.3 Å². The van der Waals surface area contributed by atoms with E-state index in [1.54, 1.807) is 24.3 Å². The van der Waals surface area contributed by atoms with Crippen LogP contribution in [0.5, 0.6) is 5.75 Å². The molecule has 0 spiro atoms. The number of hydrogen-bond acceptors (Lipinski definition) is 8. The largest absolute Gasteiger partial charge is 0.573 e. The number of amidine groups is 1. The smallest absolute Gasteiger partial charge is 0.406 e. The number of rotatable bonds is 7. The number of thioether (sulfide) groups is 1. The van der Waals surface area contributed by atoms with Gasteiger partial charge < -0.3 is 4.74 Å². The average molecular weight is 692 g/mol. The van der Waals surface area contributed by atoms with Gasteiger partial charge >= 0.3 is 12.5 Å². The predicted molar refractivity (Wildman–Crippen MR) is 166 cm³/mol. The molecule has 10 nitrogen and oxygen atoms in total. The van der Waals surface area contributed by atoms with Gasteiger partial charge in [-0.05, 0) is 67.2 Å². The zero-order chi connectivity index (χ0) is 33.9. The van der Waals surface area contributed by atoms with Crippen LogP contribution in [0.2, 0.25) is 0 Å². The van der Waals surface area contributed by atoms with Crippen molar-refractivity contribution in [1.82, 2.24) is 20.2 Å². The van der Waals surface area contributed by atoms with Gasteiger partial charge in [-0.1, -0.05) is 36.0 Å². The second-order valence-electron chi connectivity index (χ2n) is 9.55. The third kappa shape index (κ3) is 8.20. The first-order chi connectivity index (χ1) is 22.2. The quantitative estimate of drug-likeness (QED) is 0.0780. The number of nitrogens with zero attached hydrogens (tertiary/aromatic N) is 6. The molecule has 0 saturated carbocycles. The number of aromatic nitrogens is 3. The van der Waals surface area contributed by atoms with Crippen molar-refractivity contribution in [3.8, 4) is 22.8 Å². The monoisotopic (exact) mass is 691 g/mol. The fourth-order valence-corrected chi connectivity index (χ4v) is 5.25. The Bertz CT molecular complexity index is 1890. The highest BCUT2D eigenvalue weighted by molar-refractivity contribution is 8.15. The summed E-state index contributed by atoms with van der Waals surface area (Å²) in [7, 11) is 0. The molecule has 0 unspecified atom stereocenters. The van der Waals surface area contributed by atoms with Gasteiger partial charge in [0.15, 0.2) is 16.8 Å². The summed E-state index contributed by atoms with van der Waals surface area (Å²) in [6.07, 6.45) is -6.68. The van der Waals surface area contributed by atoms with Crippen molar-refractivity contribution < 1.29 is 40.7 Å². The number of ketones is 1. The highest BCUT2D eigenvalue weighted by Crippen LogP contribution is 2.36. The molecule has 3 aromatic carbocycles. The summed E-state index contributed by atoms with van der Waals surface area (Å²) in [6, 6.07) is 14.4. The number of benzene rings is 3. The Morgan fingerprint density at radius 1 is 1.04 bits per heavy atom. The van der Waals surface area contributed by atoms with Crippen molar-refractivity contribution in [1.29, 1.82) is 0 Å². The summed E-state index contributed by atoms with van der Waals surface area (Å²) in [5.41, 5.74) is 2.87. The molecule has 2 heterocycles. The van der Waals surface area contributed by atoms with E-state index in [0.717, 1.165) is 47.0 Å². The van der Waals surface area contributed by atoms with E-state index in [0.29, 0.717) is 22.6 Å². The lowest BCUT2D eigenvalue weighted by Gasteiger charge is -2.20. The van der Waals surface area contributed by atoms with Crippen LogP contribution >= 0.6 is 24.0 Å². The first kappa shape index (κ1) is 33.3. The molecule has 0 bridgehead atoms. The third-order valence-electron chi connectivity index (χ3n) is 6.28. The summed E-state index contributed by atoms with van der Waals surface area (Å²) < 4.78 is 82.6. The molecule has 1 aliphatic rings. The van der Waals surface area contributed by atoms with E-state index < -0.39 is 29.8 Å². The summed E-state index contributed by atoms with van der Waals surface area (Å²) in [4.78, 5) is 34.1. The van der Waals surface area contributed by atoms with Crippen LogP contribution in [0.3, 0.4) is 0 Å². The van der Waals surface area contributed by atoms with E-state index in [2.05, 4.69) is 30.3 Å². The highest BCUT2D eigenvalue weighted by Gasteiger charge is 2.36. The zero-order valence-electron chi connectivity index (χ0n) is 23.7. The van der Waals surface area contributed by atoms with Crippen molar-refractivity contribution in [2.45, 2.75) is 19.5 Å². The van der Waals surface area contributed by atoms with Crippen LogP contribution in [0.4, 0.5) is 32.0 Å². The summed E-state index contributed by atoms with van der Waals surface area (Å²) >= 11 is 6.13. The van der Waals surface area contributed by atoms with E-state index in [9.17, 15) is 35.9 Å². The Kier molecular flexibility index (Phi) is 9.43. The number of alkyl halides is 6. The first-order valence-corrected chi connectivity index (χ1v) is 14.6. The minimum Gasteiger partial charge on any atom is -0.406 e. The van der Waals surface area contributed by atoms with Crippen LogP contribution in [-0.2, 0) is 11.0 Å². The molecule has 1 amide bonds. The third-order valence-corrected chi connectivity index (χ3v) is 7.38. The Labute approximate surface area is 271 Å². The molecular weight excluding hydrogens is 672 g/mol. The molecule has 1 N–H and O–H groups in total. The molecule has 1 fully saturated rings. The maximum Gasteiger partial charge on any atom is 0.573 e. The van der Waals surface area contributed by atoms with Gasteiger partial charge in [-0.25, -0.2) is 9.67 Å². The Morgan fingerprint density at radius 2 is 1.74 bits per heavy atom. The van der Waals surface area contributed by atoms with Gasteiger partial charge in [0.25, 0.3) is 0 Å². The number of carbonyl (C=O) groups is 2. The lowest BCUT2D eigenvalue weighted by molar-refractivity contribution is -0.274. The van der Waals surface area contributed by atoms with Crippen LogP contribution in [-0.4, -0.2) is 55.1 Å². The van der Waals surface area contributed by atoms with E-state index >= 15 is 0 Å². The predicted octanol–water partition coefficient (Wildman–Crippen LogP) is 6.40. The summed E-state index contributed by atoms with van der Waals surface area (Å²) in [5, 5.41) is 8.14. The van der Waals surface area contributed by atoms with E-state index in [4.69, 9.17) is 12.2 Å². The molecule has 1 aliphatic heterocycles. The molecule has 0 radical (unpaired) electrons. The van der Waals surface area contributed by atoms with Crippen molar-refractivity contribution in [2.24, 2.45) is 10.1 Å². The second-order valence-corrected chi connectivity index (χ2v) is 10.9. The van der Waals surface area contributed by atoms with E-state index in [1.807, 2.05) is 0 Å². The lowest BCUT2D eigenvalue weighted by Crippen LogP contribution is -2.32. The molecule has 4 aromatic rings. The topological polar surface area (TPSA) is 114 Å². The van der Waals surface area contributed by atoms with Gasteiger partial charge in [-0.15, -0.1) is 18.3 Å². The standard InChI is InChI=1S/C29H19F6N7O3S2/c1-16(43)22-11-6-19(28(30,31)32)12-23(22)42-24(44)14-47-27(42)38-26(46)39-37-13-17-2-4-18(5-3-17)25-36-15-41(40-25)20-7-9-21(10-8-20)45-29(33,34)35/h2-13,15H,14H2,1H3,(H,39,46)/b37-13+,38-27-. The number of hydrazone groups is 1. The maximum absolute atomic E-state index is 13.4. The van der Waals surface area contributed by atoms with Crippen molar-refractivity contribution >= 4 is 57.9 Å². The Balaban J connectivity index is 1.24. The number of nitrogens with one attached hydrogen (secondary N) is 1. The molecule has 18 heteroatoms. The van der Waals surface area contributed by atoms with Crippen LogP contribution in [0.1, 0.15) is 28.4 Å².